The van der Waals surface area contributed by atoms with Crippen molar-refractivity contribution in [2.45, 2.75) is 50.8 Å². The van der Waals surface area contributed by atoms with Crippen molar-refractivity contribution in [3.63, 3.8) is 0 Å². The van der Waals surface area contributed by atoms with E-state index in [4.69, 9.17) is 0 Å². The number of pyridine rings is 1. The van der Waals surface area contributed by atoms with Gasteiger partial charge >= 0.3 is 0 Å². The third-order valence-electron chi connectivity index (χ3n) is 4.42. The van der Waals surface area contributed by atoms with Gasteiger partial charge in [-0.15, -0.1) is 0 Å². The summed E-state index contributed by atoms with van der Waals surface area (Å²) in [4.78, 5) is 13.4. The first-order valence-electron chi connectivity index (χ1n) is 8.58. The average molecular weight is 344 g/mol. The Morgan fingerprint density at radius 1 is 1.21 bits per heavy atom. The van der Waals surface area contributed by atoms with E-state index in [1.807, 2.05) is 38.1 Å². The zero-order valence-electron chi connectivity index (χ0n) is 14.2. The molecule has 2 aromatic heterocycles. The van der Waals surface area contributed by atoms with E-state index in [1.54, 1.807) is 6.20 Å². The average Bonchev–Trinajstić information content (AvgIpc) is 2.62. The molecule has 0 bridgehead atoms. The summed E-state index contributed by atoms with van der Waals surface area (Å²) in [6.45, 7) is 3.88. The molecule has 5 nitrogen and oxygen atoms in total. The monoisotopic (exact) mass is 344 g/mol. The molecular weight excluding hydrogens is 320 g/mol. The van der Waals surface area contributed by atoms with Crippen molar-refractivity contribution in [3.8, 4) is 11.4 Å². The Hall–Kier alpha value is -1.82. The summed E-state index contributed by atoms with van der Waals surface area (Å²) in [6.07, 6.45) is 6.16. The van der Waals surface area contributed by atoms with Crippen LogP contribution in [0.3, 0.4) is 0 Å². The van der Waals surface area contributed by atoms with Gasteiger partial charge < -0.3 is 5.32 Å². The molecule has 1 fully saturated rings. The van der Waals surface area contributed by atoms with E-state index in [1.165, 1.54) is 6.42 Å². The Balaban J connectivity index is 1.84. The van der Waals surface area contributed by atoms with Gasteiger partial charge in [0.2, 0.25) is 0 Å². The van der Waals surface area contributed by atoms with Gasteiger partial charge in [-0.3, -0.25) is 9.19 Å². The Morgan fingerprint density at radius 2 is 2.04 bits per heavy atom. The number of anilines is 1. The van der Waals surface area contributed by atoms with Crippen molar-refractivity contribution < 1.29 is 4.21 Å². The van der Waals surface area contributed by atoms with E-state index >= 15 is 0 Å². The molecule has 3 atom stereocenters. The fraction of sp³-hybridized carbons (Fsp3) is 0.500. The Morgan fingerprint density at radius 3 is 2.79 bits per heavy atom. The minimum atomic E-state index is -0.782. The normalized spacial score (nSPS) is 22.1. The smallest absolute Gasteiger partial charge is 0.130 e. The van der Waals surface area contributed by atoms with E-state index in [0.717, 1.165) is 36.5 Å². The second kappa shape index (κ2) is 7.83. The zero-order chi connectivity index (χ0) is 16.9. The van der Waals surface area contributed by atoms with Gasteiger partial charge in [0.25, 0.3) is 0 Å². The predicted octanol–water partition coefficient (Wildman–Crippen LogP) is 3.34. The molecule has 128 valence electrons. The van der Waals surface area contributed by atoms with Crippen molar-refractivity contribution in [1.29, 1.82) is 0 Å². The molecule has 0 radical (unpaired) electrons. The molecule has 2 heterocycles. The fourth-order valence-corrected chi connectivity index (χ4v) is 4.70. The van der Waals surface area contributed by atoms with E-state index in [0.29, 0.717) is 11.6 Å². The number of hydrogen-bond acceptors (Lipinski definition) is 5. The van der Waals surface area contributed by atoms with Gasteiger partial charge in [-0.1, -0.05) is 25.8 Å². The first-order valence-corrected chi connectivity index (χ1v) is 9.96. The molecule has 1 N–H and O–H groups in total. The van der Waals surface area contributed by atoms with Crippen LogP contribution in [0.2, 0.25) is 0 Å². The minimum absolute atomic E-state index is 0.206. The molecule has 3 rings (SSSR count). The van der Waals surface area contributed by atoms with Crippen LogP contribution >= 0.6 is 0 Å². The Labute approximate surface area is 145 Å². The summed E-state index contributed by atoms with van der Waals surface area (Å²) in [6, 6.07) is 7.94. The Bertz CT molecular complexity index is 707. The summed E-state index contributed by atoms with van der Waals surface area (Å²) in [5.74, 6) is 2.22. The van der Waals surface area contributed by atoms with Gasteiger partial charge in [0, 0.05) is 34.9 Å². The third kappa shape index (κ3) is 3.98. The summed E-state index contributed by atoms with van der Waals surface area (Å²) in [7, 11) is -0.782. The van der Waals surface area contributed by atoms with Crippen LogP contribution in [-0.4, -0.2) is 36.2 Å². The largest absolute Gasteiger partial charge is 0.366 e. The quantitative estimate of drug-likeness (QED) is 0.901. The fourth-order valence-electron chi connectivity index (χ4n) is 3.27. The van der Waals surface area contributed by atoms with Crippen LogP contribution in [0.4, 0.5) is 5.82 Å². The van der Waals surface area contributed by atoms with Crippen molar-refractivity contribution >= 4 is 16.6 Å². The summed E-state index contributed by atoms with van der Waals surface area (Å²) in [5, 5.41) is 3.73. The molecule has 24 heavy (non-hydrogen) atoms. The highest BCUT2D eigenvalue weighted by Crippen LogP contribution is 2.26. The van der Waals surface area contributed by atoms with Crippen LogP contribution in [0.1, 0.15) is 38.4 Å². The molecule has 0 aromatic carbocycles. The third-order valence-corrected chi connectivity index (χ3v) is 6.23. The number of nitrogens with zero attached hydrogens (tertiary/aromatic N) is 3. The van der Waals surface area contributed by atoms with Crippen molar-refractivity contribution in [2.75, 3.05) is 11.1 Å². The summed E-state index contributed by atoms with van der Waals surface area (Å²) in [5.41, 5.74) is 1.65. The molecule has 0 amide bonds. The lowest BCUT2D eigenvalue weighted by Crippen LogP contribution is -2.40. The van der Waals surface area contributed by atoms with Gasteiger partial charge in [-0.2, -0.15) is 0 Å². The number of aryl methyl sites for hydroxylation is 1. The maximum absolute atomic E-state index is 12.4. The second-order valence-corrected chi connectivity index (χ2v) is 8.09. The van der Waals surface area contributed by atoms with Crippen molar-refractivity contribution in [3.05, 3.63) is 36.3 Å². The lowest BCUT2D eigenvalue weighted by Gasteiger charge is -2.31. The van der Waals surface area contributed by atoms with Crippen molar-refractivity contribution in [1.82, 2.24) is 15.0 Å². The lowest BCUT2D eigenvalue weighted by molar-refractivity contribution is 0.464. The topological polar surface area (TPSA) is 67.8 Å². The van der Waals surface area contributed by atoms with Crippen LogP contribution in [-0.2, 0) is 10.8 Å². The standard InChI is InChI=1S/C18H24N4OS/c1-3-24(23)17-10-5-4-9-15(17)22-18-12-16(20-13(2)21-18)14-8-6-7-11-19-14/h6-8,11-12,15,17H,3-5,9-10H2,1-2H3,(H,20,21,22). The van der Waals surface area contributed by atoms with Gasteiger partial charge in [-0.05, 0) is 31.9 Å². The number of nitrogens with one attached hydrogen (secondary N) is 1. The van der Waals surface area contributed by atoms with E-state index in [9.17, 15) is 4.21 Å². The van der Waals surface area contributed by atoms with Crippen LogP contribution in [0.15, 0.2) is 30.5 Å². The molecule has 3 unspecified atom stereocenters. The van der Waals surface area contributed by atoms with E-state index < -0.39 is 10.8 Å². The van der Waals surface area contributed by atoms with Gasteiger partial charge in [-0.25, -0.2) is 9.97 Å². The van der Waals surface area contributed by atoms with Crippen molar-refractivity contribution in [2.24, 2.45) is 0 Å². The van der Waals surface area contributed by atoms with Crippen LogP contribution in [0, 0.1) is 6.92 Å². The number of hydrogen-bond donors (Lipinski definition) is 1. The molecule has 1 aliphatic carbocycles. The van der Waals surface area contributed by atoms with Crippen LogP contribution in [0.25, 0.3) is 11.4 Å². The van der Waals surface area contributed by atoms with Gasteiger partial charge in [0.05, 0.1) is 16.6 Å². The molecular formula is C18H24N4OS. The second-order valence-electron chi connectivity index (χ2n) is 6.14. The van der Waals surface area contributed by atoms with E-state index in [2.05, 4.69) is 20.3 Å². The highest BCUT2D eigenvalue weighted by Gasteiger charge is 2.29. The first kappa shape index (κ1) is 17.0. The van der Waals surface area contributed by atoms with Gasteiger partial charge in [0.15, 0.2) is 0 Å². The summed E-state index contributed by atoms with van der Waals surface area (Å²) >= 11 is 0. The molecule has 6 heteroatoms. The first-order chi connectivity index (χ1) is 11.7. The van der Waals surface area contributed by atoms with Crippen LogP contribution < -0.4 is 5.32 Å². The SMILES string of the molecule is CCS(=O)C1CCCCC1Nc1cc(-c2ccccn2)nc(C)n1. The molecule has 1 aliphatic rings. The Kier molecular flexibility index (Phi) is 5.56. The number of aromatic nitrogens is 3. The maximum atomic E-state index is 12.4. The molecule has 1 saturated carbocycles. The van der Waals surface area contributed by atoms with Crippen LogP contribution in [0.5, 0.6) is 0 Å². The van der Waals surface area contributed by atoms with E-state index in [-0.39, 0.29) is 11.3 Å². The molecule has 0 saturated heterocycles. The maximum Gasteiger partial charge on any atom is 0.130 e. The molecule has 0 spiro atoms. The molecule has 2 aromatic rings. The lowest BCUT2D eigenvalue weighted by atomic mass is 9.95. The molecule has 0 aliphatic heterocycles. The minimum Gasteiger partial charge on any atom is -0.366 e. The highest BCUT2D eigenvalue weighted by molar-refractivity contribution is 7.85. The predicted molar refractivity (Wildman–Crippen MR) is 98.4 cm³/mol. The van der Waals surface area contributed by atoms with Gasteiger partial charge in [0.1, 0.15) is 11.6 Å². The number of rotatable bonds is 5. The summed E-state index contributed by atoms with van der Waals surface area (Å²) < 4.78 is 12.4. The zero-order valence-corrected chi connectivity index (χ0v) is 15.1. The highest BCUT2D eigenvalue weighted by atomic mass is 32.2.